The van der Waals surface area contributed by atoms with E-state index in [9.17, 15) is 9.59 Å². The van der Waals surface area contributed by atoms with Crippen molar-refractivity contribution in [2.24, 2.45) is 0 Å². The van der Waals surface area contributed by atoms with Gasteiger partial charge in [0.2, 0.25) is 0 Å². The van der Waals surface area contributed by atoms with Crippen molar-refractivity contribution in [3.8, 4) is 0 Å². The molecule has 3 heteroatoms. The fraction of sp³-hybridized carbons (Fsp3) is 0. The summed E-state index contributed by atoms with van der Waals surface area (Å²) in [5, 5.41) is 4.08. The molecule has 1 heterocycles. The minimum absolute atomic E-state index is 0.121. The highest BCUT2D eigenvalue weighted by Gasteiger charge is 1.97. The van der Waals surface area contributed by atoms with E-state index < -0.39 is 0 Å². The molecule has 0 unspecified atom stereocenters. The maximum absolute atomic E-state index is 10.3. The summed E-state index contributed by atoms with van der Waals surface area (Å²) in [6, 6.07) is 4.04. The first-order valence-electron chi connectivity index (χ1n) is 3.70. The zero-order valence-electron chi connectivity index (χ0n) is 6.84. The molecule has 0 atom stereocenters. The van der Waals surface area contributed by atoms with Gasteiger partial charge in [0.05, 0.1) is 0 Å². The molecule has 66 valence electrons. The summed E-state index contributed by atoms with van der Waals surface area (Å²) in [6.07, 6.45) is 5.01. The third-order valence-corrected chi connectivity index (χ3v) is 1.88. The first-order valence-corrected chi connectivity index (χ1v) is 4.64. The fourth-order valence-corrected chi connectivity index (χ4v) is 1.12. The Kier molecular flexibility index (Phi) is 3.85. The first kappa shape index (κ1) is 9.61. The minimum atomic E-state index is -0.121. The van der Waals surface area contributed by atoms with Gasteiger partial charge in [-0.25, -0.2) is 0 Å². The van der Waals surface area contributed by atoms with Gasteiger partial charge in [0, 0.05) is 0 Å². The average molecular weight is 192 g/mol. The lowest BCUT2D eigenvalue weighted by atomic mass is 10.2. The summed E-state index contributed by atoms with van der Waals surface area (Å²) >= 11 is 1.71. The van der Waals surface area contributed by atoms with Crippen LogP contribution in [-0.4, -0.2) is 11.6 Å². The van der Waals surface area contributed by atoms with E-state index in [-0.39, 0.29) is 11.6 Å². The maximum atomic E-state index is 10.3. The Morgan fingerprint density at radius 2 is 1.15 bits per heavy atom. The van der Waals surface area contributed by atoms with Crippen molar-refractivity contribution in [3.05, 3.63) is 47.2 Å². The summed E-state index contributed by atoms with van der Waals surface area (Å²) in [4.78, 5) is 20.6. The molecule has 0 aliphatic heterocycles. The van der Waals surface area contributed by atoms with Gasteiger partial charge in [0.25, 0.3) is 0 Å². The quantitative estimate of drug-likeness (QED) is 0.589. The van der Waals surface area contributed by atoms with Crippen LogP contribution in [0.5, 0.6) is 0 Å². The van der Waals surface area contributed by atoms with E-state index in [4.69, 9.17) is 0 Å². The standard InChI is InChI=1S/C6H4O2.C4H4S/c7-5-1-2-6(8)4-3-5;1-2-4-5-3-1/h1-4H;1-4H. The lowest BCUT2D eigenvalue weighted by Gasteiger charge is -1.87. The van der Waals surface area contributed by atoms with Gasteiger partial charge in [-0.05, 0) is 35.1 Å². The van der Waals surface area contributed by atoms with Crippen LogP contribution in [-0.2, 0) is 9.59 Å². The predicted octanol–water partition coefficient (Wildman–Crippen LogP) is 2.00. The lowest BCUT2D eigenvalue weighted by Crippen LogP contribution is -1.97. The third-order valence-electron chi connectivity index (χ3n) is 1.25. The Hall–Kier alpha value is -1.48. The van der Waals surface area contributed by atoms with Crippen LogP contribution in [0.2, 0.25) is 0 Å². The van der Waals surface area contributed by atoms with Gasteiger partial charge in [0.1, 0.15) is 0 Å². The van der Waals surface area contributed by atoms with Crippen molar-refractivity contribution >= 4 is 22.9 Å². The fourth-order valence-electron chi connectivity index (χ4n) is 0.666. The van der Waals surface area contributed by atoms with Crippen LogP contribution >= 0.6 is 11.3 Å². The van der Waals surface area contributed by atoms with Crippen LogP contribution in [0, 0.1) is 0 Å². The van der Waals surface area contributed by atoms with E-state index in [1.165, 1.54) is 24.3 Å². The number of ketones is 2. The van der Waals surface area contributed by atoms with Crippen molar-refractivity contribution < 1.29 is 9.59 Å². The van der Waals surface area contributed by atoms with E-state index in [0.29, 0.717) is 0 Å². The molecular formula is C10H8O2S. The Morgan fingerprint density at radius 1 is 0.769 bits per heavy atom. The van der Waals surface area contributed by atoms with E-state index in [2.05, 4.69) is 0 Å². The molecule has 0 aromatic carbocycles. The van der Waals surface area contributed by atoms with Gasteiger partial charge in [-0.3, -0.25) is 9.59 Å². The Balaban J connectivity index is 0.000000145. The van der Waals surface area contributed by atoms with Gasteiger partial charge < -0.3 is 0 Å². The van der Waals surface area contributed by atoms with Gasteiger partial charge in [-0.15, -0.1) is 0 Å². The van der Waals surface area contributed by atoms with Crippen LogP contribution < -0.4 is 0 Å². The van der Waals surface area contributed by atoms with Crippen LogP contribution in [0.25, 0.3) is 0 Å². The topological polar surface area (TPSA) is 34.1 Å². The Labute approximate surface area is 80.2 Å². The van der Waals surface area contributed by atoms with Crippen LogP contribution in [0.1, 0.15) is 0 Å². The number of allylic oxidation sites excluding steroid dienone is 4. The third kappa shape index (κ3) is 4.18. The zero-order chi connectivity index (χ0) is 9.52. The normalized spacial score (nSPS) is 13.8. The van der Waals surface area contributed by atoms with E-state index in [0.717, 1.165) is 0 Å². The molecule has 0 fully saturated rings. The molecule has 1 aromatic rings. The lowest BCUT2D eigenvalue weighted by molar-refractivity contribution is -0.113. The highest BCUT2D eigenvalue weighted by atomic mass is 32.1. The second kappa shape index (κ2) is 5.22. The number of carbonyl (C=O) groups is 2. The summed E-state index contributed by atoms with van der Waals surface area (Å²) in [6.45, 7) is 0. The number of rotatable bonds is 0. The van der Waals surface area contributed by atoms with E-state index in [1.54, 1.807) is 11.3 Å². The Bertz CT molecular complexity index is 279. The smallest absolute Gasteiger partial charge is 0.178 e. The molecule has 2 nitrogen and oxygen atoms in total. The number of hydrogen-bond donors (Lipinski definition) is 0. The van der Waals surface area contributed by atoms with Crippen molar-refractivity contribution in [1.29, 1.82) is 0 Å². The largest absolute Gasteiger partial charge is 0.290 e. The highest BCUT2D eigenvalue weighted by Crippen LogP contribution is 1.91. The summed E-state index contributed by atoms with van der Waals surface area (Å²) in [5.41, 5.74) is 0. The molecule has 0 radical (unpaired) electrons. The molecule has 13 heavy (non-hydrogen) atoms. The number of thiophene rings is 1. The molecule has 0 saturated carbocycles. The van der Waals surface area contributed by atoms with E-state index >= 15 is 0 Å². The van der Waals surface area contributed by atoms with Gasteiger partial charge >= 0.3 is 0 Å². The van der Waals surface area contributed by atoms with Crippen molar-refractivity contribution in [3.63, 3.8) is 0 Å². The molecule has 0 bridgehead atoms. The zero-order valence-corrected chi connectivity index (χ0v) is 7.66. The maximum Gasteiger partial charge on any atom is 0.178 e. The molecule has 0 amide bonds. The van der Waals surface area contributed by atoms with Gasteiger partial charge in [0.15, 0.2) is 11.6 Å². The van der Waals surface area contributed by atoms with Crippen LogP contribution in [0.4, 0.5) is 0 Å². The number of hydrogen-bond acceptors (Lipinski definition) is 3. The van der Waals surface area contributed by atoms with Crippen molar-refractivity contribution in [1.82, 2.24) is 0 Å². The van der Waals surface area contributed by atoms with E-state index in [1.807, 2.05) is 22.9 Å². The van der Waals surface area contributed by atoms with Gasteiger partial charge in [-0.1, -0.05) is 12.1 Å². The van der Waals surface area contributed by atoms with Crippen LogP contribution in [0.15, 0.2) is 47.2 Å². The molecule has 1 aliphatic rings. The molecule has 1 aliphatic carbocycles. The average Bonchev–Trinajstić information content (AvgIpc) is 2.68. The van der Waals surface area contributed by atoms with Crippen molar-refractivity contribution in [2.45, 2.75) is 0 Å². The van der Waals surface area contributed by atoms with Crippen LogP contribution in [0.3, 0.4) is 0 Å². The number of carbonyl (C=O) groups excluding carboxylic acids is 2. The molecule has 0 spiro atoms. The summed E-state index contributed by atoms with van der Waals surface area (Å²) in [7, 11) is 0. The van der Waals surface area contributed by atoms with Gasteiger partial charge in [-0.2, -0.15) is 11.3 Å². The summed E-state index contributed by atoms with van der Waals surface area (Å²) in [5.74, 6) is -0.241. The predicted molar refractivity (Wildman–Crippen MR) is 52.6 cm³/mol. The molecular weight excluding hydrogens is 184 g/mol. The SMILES string of the molecule is O=C1C=CC(=O)C=C1.c1ccsc1. The first-order chi connectivity index (χ1) is 6.29. The molecule has 2 rings (SSSR count). The highest BCUT2D eigenvalue weighted by molar-refractivity contribution is 7.07. The molecule has 0 N–H and O–H groups in total. The Morgan fingerprint density at radius 3 is 1.38 bits per heavy atom. The second-order valence-electron chi connectivity index (χ2n) is 2.26. The minimum Gasteiger partial charge on any atom is -0.290 e. The molecule has 0 saturated heterocycles. The van der Waals surface area contributed by atoms with Crippen molar-refractivity contribution in [2.75, 3.05) is 0 Å². The summed E-state index contributed by atoms with van der Waals surface area (Å²) < 4.78 is 0. The second-order valence-corrected chi connectivity index (χ2v) is 3.08. The monoisotopic (exact) mass is 192 g/mol. The molecule has 1 aromatic heterocycles.